The Bertz CT molecular complexity index is 1570. The van der Waals surface area contributed by atoms with E-state index in [2.05, 4.69) is 20.3 Å². The number of nitrogens with zero attached hydrogens (tertiary/aromatic N) is 6. The number of amides is 1. The third kappa shape index (κ3) is 4.96. The number of benzene rings is 1. The molecule has 38 heavy (non-hydrogen) atoms. The minimum Gasteiger partial charge on any atom is -0.444 e. The molecule has 1 aromatic carbocycles. The van der Waals surface area contributed by atoms with Crippen LogP contribution in [0.15, 0.2) is 47.5 Å². The summed E-state index contributed by atoms with van der Waals surface area (Å²) in [6.45, 7) is 10.3. The number of anilines is 2. The second kappa shape index (κ2) is 9.55. The van der Waals surface area contributed by atoms with Crippen LogP contribution >= 0.6 is 0 Å². The summed E-state index contributed by atoms with van der Waals surface area (Å²) < 4.78 is 22.2. The molecule has 0 spiro atoms. The Labute approximate surface area is 219 Å². The molecule has 1 amide bonds. The Morgan fingerprint density at radius 3 is 2.58 bits per heavy atom. The molecule has 11 heteroatoms. The van der Waals surface area contributed by atoms with E-state index in [-0.39, 0.29) is 23.6 Å². The van der Waals surface area contributed by atoms with Crippen LogP contribution in [-0.2, 0) is 17.7 Å². The number of hydrogen-bond acceptors (Lipinski definition) is 7. The fraction of sp³-hybridized carbons (Fsp3) is 0.370. The van der Waals surface area contributed by atoms with Gasteiger partial charge in [0.25, 0.3) is 5.56 Å². The lowest BCUT2D eigenvalue weighted by Crippen LogP contribution is -2.39. The Kier molecular flexibility index (Phi) is 6.38. The average Bonchev–Trinajstić information content (AvgIpc) is 3.15. The van der Waals surface area contributed by atoms with Crippen molar-refractivity contribution in [2.75, 3.05) is 11.9 Å². The molecule has 0 saturated heterocycles. The van der Waals surface area contributed by atoms with Crippen LogP contribution in [-0.4, -0.2) is 47.5 Å². The number of rotatable bonds is 4. The number of hydrogen-bond donors (Lipinski definition) is 1. The van der Waals surface area contributed by atoms with Crippen LogP contribution in [0.3, 0.4) is 0 Å². The lowest BCUT2D eigenvalue weighted by atomic mass is 9.99. The summed E-state index contributed by atoms with van der Waals surface area (Å²) in [7, 11) is 0. The van der Waals surface area contributed by atoms with Gasteiger partial charge in [-0.2, -0.15) is 4.98 Å². The molecule has 0 aliphatic carbocycles. The van der Waals surface area contributed by atoms with Crippen LogP contribution in [0, 0.1) is 5.82 Å². The van der Waals surface area contributed by atoms with Crippen molar-refractivity contribution in [3.05, 3.63) is 70.0 Å². The predicted octanol–water partition coefficient (Wildman–Crippen LogP) is 4.73. The van der Waals surface area contributed by atoms with E-state index in [1.807, 2.05) is 52.8 Å². The van der Waals surface area contributed by atoms with Crippen molar-refractivity contribution in [3.63, 3.8) is 0 Å². The largest absolute Gasteiger partial charge is 0.444 e. The van der Waals surface area contributed by atoms with Crippen molar-refractivity contribution in [1.29, 1.82) is 0 Å². The maximum atomic E-state index is 13.5. The van der Waals surface area contributed by atoms with E-state index >= 15 is 0 Å². The molecule has 0 unspecified atom stereocenters. The first kappa shape index (κ1) is 25.4. The number of ether oxygens (including phenoxy) is 1. The molecule has 198 valence electrons. The van der Waals surface area contributed by atoms with Gasteiger partial charge in [0, 0.05) is 31.0 Å². The van der Waals surface area contributed by atoms with Crippen LogP contribution in [0.2, 0.25) is 0 Å². The van der Waals surface area contributed by atoms with E-state index in [1.54, 1.807) is 9.58 Å². The topological polar surface area (TPSA) is 107 Å². The zero-order valence-corrected chi connectivity index (χ0v) is 22.0. The Morgan fingerprint density at radius 1 is 1.11 bits per heavy atom. The molecule has 4 aromatic rings. The first-order valence-electron chi connectivity index (χ1n) is 12.5. The first-order chi connectivity index (χ1) is 18.0. The monoisotopic (exact) mass is 519 g/mol. The number of fused-ring (bicyclic) bond motifs is 2. The van der Waals surface area contributed by atoms with E-state index < -0.39 is 11.4 Å². The molecule has 0 radical (unpaired) electrons. The number of halogens is 1. The normalized spacial score (nSPS) is 13.6. The summed E-state index contributed by atoms with van der Waals surface area (Å²) >= 11 is 0. The van der Waals surface area contributed by atoms with Gasteiger partial charge in [-0.05, 0) is 76.4 Å². The second-order valence-corrected chi connectivity index (χ2v) is 10.6. The molecule has 0 fully saturated rings. The zero-order valence-electron chi connectivity index (χ0n) is 22.0. The zero-order chi connectivity index (χ0) is 27.2. The molecular weight excluding hydrogens is 489 g/mol. The summed E-state index contributed by atoms with van der Waals surface area (Å²) in [6, 6.07) is 8.51. The quantitative estimate of drug-likeness (QED) is 0.415. The lowest BCUT2D eigenvalue weighted by Gasteiger charge is -2.31. The molecule has 10 nitrogen and oxygen atoms in total. The summed E-state index contributed by atoms with van der Waals surface area (Å²) in [6.07, 6.45) is 2.98. The van der Waals surface area contributed by atoms with E-state index in [9.17, 15) is 14.0 Å². The molecule has 4 heterocycles. The van der Waals surface area contributed by atoms with Gasteiger partial charge in [-0.15, -0.1) is 0 Å². The summed E-state index contributed by atoms with van der Waals surface area (Å²) in [5.74, 6) is 0.181. The number of aromatic nitrogens is 5. The first-order valence-corrected chi connectivity index (χ1v) is 12.5. The maximum Gasteiger partial charge on any atom is 0.410 e. The van der Waals surface area contributed by atoms with Gasteiger partial charge in [-0.3, -0.25) is 4.79 Å². The van der Waals surface area contributed by atoms with E-state index in [0.29, 0.717) is 29.9 Å². The minimum atomic E-state index is -0.560. The molecule has 1 N–H and O–H groups in total. The molecule has 1 aliphatic rings. The van der Waals surface area contributed by atoms with E-state index in [1.165, 1.54) is 23.0 Å². The van der Waals surface area contributed by atoms with Gasteiger partial charge in [0.05, 0.1) is 6.20 Å². The molecule has 0 saturated carbocycles. The van der Waals surface area contributed by atoms with Gasteiger partial charge in [-0.1, -0.05) is 6.07 Å². The van der Waals surface area contributed by atoms with Crippen molar-refractivity contribution >= 4 is 28.8 Å². The Morgan fingerprint density at radius 2 is 1.89 bits per heavy atom. The minimum absolute atomic E-state index is 0.200. The SMILES string of the molecule is CC(C)n1c(=O)c2cnc(Nc3ccc4c(c3)CN(C(=O)OC(C)(C)C)CC4)nc2n1-c1ccc(F)cn1. The van der Waals surface area contributed by atoms with Gasteiger partial charge < -0.3 is 15.0 Å². The standard InChI is InChI=1S/C27H30FN7O3/c1-16(2)34-24(36)21-14-30-25(32-23(21)35(34)22-9-7-19(28)13-29-22)31-20-8-6-17-10-11-33(15-18(17)12-20)26(37)38-27(3,4)5/h6-9,12-14,16H,10-11,15H2,1-5H3,(H,30,31,32). The maximum absolute atomic E-state index is 13.5. The third-order valence-electron chi connectivity index (χ3n) is 6.17. The Hall–Kier alpha value is -4.28. The molecule has 0 atom stereocenters. The van der Waals surface area contributed by atoms with Gasteiger partial charge in [0.1, 0.15) is 16.8 Å². The number of carbonyl (C=O) groups excluding carboxylic acids is 1. The van der Waals surface area contributed by atoms with Crippen molar-refractivity contribution < 1.29 is 13.9 Å². The van der Waals surface area contributed by atoms with Crippen molar-refractivity contribution in [2.45, 2.75) is 59.2 Å². The van der Waals surface area contributed by atoms with Gasteiger partial charge >= 0.3 is 6.09 Å². The highest BCUT2D eigenvalue weighted by atomic mass is 19.1. The van der Waals surface area contributed by atoms with Crippen molar-refractivity contribution in [2.24, 2.45) is 0 Å². The fourth-order valence-electron chi connectivity index (χ4n) is 4.49. The Balaban J connectivity index is 1.47. The predicted molar refractivity (Wildman–Crippen MR) is 141 cm³/mol. The smallest absolute Gasteiger partial charge is 0.410 e. The molecule has 1 aliphatic heterocycles. The van der Waals surface area contributed by atoms with Crippen LogP contribution in [0.25, 0.3) is 16.9 Å². The van der Waals surface area contributed by atoms with Gasteiger partial charge in [0.2, 0.25) is 5.95 Å². The lowest BCUT2D eigenvalue weighted by molar-refractivity contribution is 0.0224. The van der Waals surface area contributed by atoms with Gasteiger partial charge in [-0.25, -0.2) is 28.5 Å². The molecular formula is C27H30FN7O3. The van der Waals surface area contributed by atoms with Crippen molar-refractivity contribution in [1.82, 2.24) is 29.2 Å². The van der Waals surface area contributed by atoms with Crippen molar-refractivity contribution in [3.8, 4) is 5.82 Å². The molecule has 3 aromatic heterocycles. The summed E-state index contributed by atoms with van der Waals surface area (Å²) in [5.41, 5.74) is 2.45. The highest BCUT2D eigenvalue weighted by Gasteiger charge is 2.26. The van der Waals surface area contributed by atoms with Crippen LogP contribution in [0.5, 0.6) is 0 Å². The summed E-state index contributed by atoms with van der Waals surface area (Å²) in [5, 5.41) is 3.54. The van der Waals surface area contributed by atoms with Gasteiger partial charge in [0.15, 0.2) is 11.5 Å². The van der Waals surface area contributed by atoms with E-state index in [4.69, 9.17) is 4.74 Å². The number of carbonyl (C=O) groups is 1. The second-order valence-electron chi connectivity index (χ2n) is 10.6. The van der Waals surface area contributed by atoms with E-state index in [0.717, 1.165) is 29.4 Å². The number of pyridine rings is 1. The highest BCUT2D eigenvalue weighted by Crippen LogP contribution is 2.26. The van der Waals surface area contributed by atoms with Crippen LogP contribution in [0.1, 0.15) is 51.8 Å². The van der Waals surface area contributed by atoms with Crippen LogP contribution in [0.4, 0.5) is 20.8 Å². The third-order valence-corrected chi connectivity index (χ3v) is 6.17. The molecule has 0 bridgehead atoms. The molecule has 5 rings (SSSR count). The van der Waals surface area contributed by atoms with Crippen LogP contribution < -0.4 is 10.9 Å². The summed E-state index contributed by atoms with van der Waals surface area (Å²) in [4.78, 5) is 40.6. The number of nitrogens with one attached hydrogen (secondary N) is 1. The average molecular weight is 520 g/mol. The highest BCUT2D eigenvalue weighted by molar-refractivity contribution is 5.77. The fourth-order valence-corrected chi connectivity index (χ4v) is 4.49.